The first-order valence-electron chi connectivity index (χ1n) is 11.1. The lowest BCUT2D eigenvalue weighted by atomic mass is 9.95. The lowest BCUT2D eigenvalue weighted by Gasteiger charge is -2.30. The number of nitrogens with zero attached hydrogens (tertiary/aromatic N) is 6. The Morgan fingerprint density at radius 2 is 1.82 bits per heavy atom. The molecular weight excluding hydrogens is 419 g/mol. The van der Waals surface area contributed by atoms with E-state index in [0.29, 0.717) is 30.2 Å². The summed E-state index contributed by atoms with van der Waals surface area (Å²) in [5.74, 6) is 1.29. The molecule has 1 saturated heterocycles. The monoisotopic (exact) mass is 442 g/mol. The molecule has 1 fully saturated rings. The second-order valence-corrected chi connectivity index (χ2v) is 8.22. The quantitative estimate of drug-likeness (QED) is 0.643. The Morgan fingerprint density at radius 1 is 1.00 bits per heavy atom. The van der Waals surface area contributed by atoms with Gasteiger partial charge in [0.05, 0.1) is 12.2 Å². The first kappa shape index (κ1) is 19.8. The molecule has 2 aromatic heterocycles. The summed E-state index contributed by atoms with van der Waals surface area (Å²) in [7, 11) is 0. The van der Waals surface area contributed by atoms with Gasteiger partial charge in [-0.3, -0.25) is 9.98 Å². The van der Waals surface area contributed by atoms with Gasteiger partial charge in [-0.2, -0.15) is 4.98 Å². The molecule has 33 heavy (non-hydrogen) atoms. The molecule has 0 spiro atoms. The minimum Gasteiger partial charge on any atom is -0.369 e. The van der Waals surface area contributed by atoms with Crippen LogP contribution in [0.5, 0.6) is 0 Å². The van der Waals surface area contributed by atoms with E-state index in [-0.39, 0.29) is 11.8 Å². The Labute approximate surface area is 190 Å². The molecule has 6 rings (SSSR count). The first-order valence-corrected chi connectivity index (χ1v) is 11.1. The molecule has 9 heteroatoms. The normalized spacial score (nSPS) is 17.4. The minimum absolute atomic E-state index is 0.112. The van der Waals surface area contributed by atoms with Crippen LogP contribution in [0.1, 0.15) is 11.1 Å². The molecule has 0 radical (unpaired) electrons. The van der Waals surface area contributed by atoms with Gasteiger partial charge in [0.1, 0.15) is 17.5 Å². The van der Waals surface area contributed by atoms with Crippen molar-refractivity contribution in [1.29, 1.82) is 0 Å². The third kappa shape index (κ3) is 3.41. The van der Waals surface area contributed by atoms with Gasteiger partial charge in [-0.1, -0.05) is 0 Å². The molecule has 8 nitrogen and oxygen atoms in total. The molecule has 5 heterocycles. The van der Waals surface area contributed by atoms with E-state index in [1.807, 2.05) is 29.2 Å². The number of nitrogen functional groups attached to an aromatic ring is 1. The predicted molar refractivity (Wildman–Crippen MR) is 129 cm³/mol. The number of benzene rings is 1. The zero-order valence-electron chi connectivity index (χ0n) is 18.0. The molecular formula is C24H23FN8. The summed E-state index contributed by atoms with van der Waals surface area (Å²) in [5, 5.41) is 3.32. The van der Waals surface area contributed by atoms with Crippen molar-refractivity contribution < 1.29 is 4.39 Å². The van der Waals surface area contributed by atoms with Crippen LogP contribution in [0.3, 0.4) is 0 Å². The highest BCUT2D eigenvalue weighted by Gasteiger charge is 2.32. The number of aliphatic imine (C=N–C) groups is 1. The van der Waals surface area contributed by atoms with E-state index in [1.165, 1.54) is 0 Å². The van der Waals surface area contributed by atoms with Crippen molar-refractivity contribution in [3.05, 3.63) is 59.7 Å². The van der Waals surface area contributed by atoms with Gasteiger partial charge in [0.25, 0.3) is 0 Å². The Balaban J connectivity index is 1.50. The van der Waals surface area contributed by atoms with Gasteiger partial charge < -0.3 is 20.9 Å². The molecule has 3 N–H and O–H groups in total. The highest BCUT2D eigenvalue weighted by molar-refractivity contribution is 6.36. The number of amidine groups is 1. The molecule has 0 saturated carbocycles. The van der Waals surface area contributed by atoms with Gasteiger partial charge in [0.15, 0.2) is 0 Å². The van der Waals surface area contributed by atoms with Crippen molar-refractivity contribution >= 4 is 34.9 Å². The van der Waals surface area contributed by atoms with E-state index in [1.54, 1.807) is 24.5 Å². The number of halogens is 1. The molecule has 3 aliphatic heterocycles. The van der Waals surface area contributed by atoms with Crippen LogP contribution in [0.4, 0.5) is 21.8 Å². The number of nitrogens with one attached hydrogen (secondary N) is 1. The summed E-state index contributed by atoms with van der Waals surface area (Å²) < 4.78 is 15.5. The van der Waals surface area contributed by atoms with E-state index < -0.39 is 0 Å². The Morgan fingerprint density at radius 3 is 2.61 bits per heavy atom. The maximum absolute atomic E-state index is 15.5. The highest BCUT2D eigenvalue weighted by atomic mass is 19.1. The number of piperazine rings is 1. The summed E-state index contributed by atoms with van der Waals surface area (Å²) in [6.45, 7) is 4.83. The van der Waals surface area contributed by atoms with Crippen molar-refractivity contribution in [2.45, 2.75) is 0 Å². The van der Waals surface area contributed by atoms with Crippen LogP contribution < -0.4 is 20.9 Å². The predicted octanol–water partition coefficient (Wildman–Crippen LogP) is 2.44. The van der Waals surface area contributed by atoms with Crippen molar-refractivity contribution in [2.75, 3.05) is 54.8 Å². The van der Waals surface area contributed by atoms with E-state index in [2.05, 4.69) is 25.2 Å². The zero-order valence-corrected chi connectivity index (χ0v) is 18.0. The number of pyridine rings is 1. The van der Waals surface area contributed by atoms with Crippen LogP contribution in [0, 0.1) is 5.82 Å². The second kappa shape index (κ2) is 7.93. The molecule has 0 amide bonds. The van der Waals surface area contributed by atoms with Crippen LogP contribution in [0.2, 0.25) is 0 Å². The first-order chi connectivity index (χ1) is 16.2. The smallest absolute Gasteiger partial charge is 0.222 e. The average Bonchev–Trinajstić information content (AvgIpc) is 3.35. The maximum Gasteiger partial charge on any atom is 0.222 e. The van der Waals surface area contributed by atoms with Crippen molar-refractivity contribution in [1.82, 2.24) is 20.3 Å². The highest BCUT2D eigenvalue weighted by Crippen LogP contribution is 2.40. The summed E-state index contributed by atoms with van der Waals surface area (Å²) in [5.41, 5.74) is 10.5. The van der Waals surface area contributed by atoms with Crippen LogP contribution in [0.25, 0.3) is 22.9 Å². The number of nitrogens with two attached hydrogens (primary N) is 1. The van der Waals surface area contributed by atoms with Crippen LogP contribution in [-0.4, -0.2) is 60.1 Å². The van der Waals surface area contributed by atoms with Crippen LogP contribution in [0.15, 0.2) is 47.7 Å². The Bertz CT molecular complexity index is 1280. The lowest BCUT2D eigenvalue weighted by Crippen LogP contribution is -2.43. The number of hydrogen-bond acceptors (Lipinski definition) is 8. The zero-order chi connectivity index (χ0) is 22.4. The van der Waals surface area contributed by atoms with E-state index in [4.69, 9.17) is 10.7 Å². The number of anilines is 3. The third-order valence-electron chi connectivity index (χ3n) is 6.25. The van der Waals surface area contributed by atoms with Gasteiger partial charge in [-0.15, -0.1) is 0 Å². The molecule has 3 aromatic rings. The molecule has 0 aliphatic carbocycles. The molecule has 1 aromatic carbocycles. The fourth-order valence-electron chi connectivity index (χ4n) is 4.67. The number of rotatable bonds is 3. The van der Waals surface area contributed by atoms with Crippen LogP contribution >= 0.6 is 0 Å². The Kier molecular flexibility index (Phi) is 4.76. The number of aromatic nitrogens is 3. The van der Waals surface area contributed by atoms with Gasteiger partial charge in [0.2, 0.25) is 5.95 Å². The third-order valence-corrected chi connectivity index (χ3v) is 6.25. The standard InChI is InChI=1S/C24H23FN8/c25-20-13-16(32-10-7-28-8-11-32)1-2-17(20)21-19-14-18(15-3-5-27-6-4-15)22-29-9-12-33(22)23(19)31-24(26)30-21/h1-6,13-14,28H,7-12H2,(H2,26,30,31). The molecule has 166 valence electrons. The molecule has 0 unspecified atom stereocenters. The molecule has 3 aliphatic rings. The summed E-state index contributed by atoms with van der Waals surface area (Å²) in [6.07, 6.45) is 5.49. The van der Waals surface area contributed by atoms with Crippen molar-refractivity contribution in [3.63, 3.8) is 0 Å². The number of hydrogen-bond donors (Lipinski definition) is 2. The van der Waals surface area contributed by atoms with E-state index in [9.17, 15) is 0 Å². The van der Waals surface area contributed by atoms with Crippen molar-refractivity contribution in [2.24, 2.45) is 4.99 Å². The van der Waals surface area contributed by atoms with Gasteiger partial charge in [-0.25, -0.2) is 9.37 Å². The fraction of sp³-hybridized carbons (Fsp3) is 0.250. The second-order valence-electron chi connectivity index (χ2n) is 8.22. The van der Waals surface area contributed by atoms with Gasteiger partial charge in [-0.05, 0) is 42.0 Å². The summed E-state index contributed by atoms with van der Waals surface area (Å²) >= 11 is 0. The largest absolute Gasteiger partial charge is 0.369 e. The minimum atomic E-state index is -0.328. The average molecular weight is 443 g/mol. The van der Waals surface area contributed by atoms with Gasteiger partial charge in [0, 0.05) is 67.5 Å². The van der Waals surface area contributed by atoms with Gasteiger partial charge >= 0.3 is 0 Å². The SMILES string of the molecule is Nc1nc(-c2ccc(N3CCNCC3)cc2F)c2c(n1)N1CCN=C1C(c1ccncc1)=C2. The Hall–Kier alpha value is -3.85. The molecule has 0 atom stereocenters. The van der Waals surface area contributed by atoms with Crippen LogP contribution in [-0.2, 0) is 0 Å². The van der Waals surface area contributed by atoms with Crippen molar-refractivity contribution in [3.8, 4) is 11.3 Å². The number of fused-ring (bicyclic) bond motifs is 3. The van der Waals surface area contributed by atoms with E-state index in [0.717, 1.165) is 54.4 Å². The molecule has 0 bridgehead atoms. The summed E-state index contributed by atoms with van der Waals surface area (Å²) in [4.78, 5) is 22.0. The fourth-order valence-corrected chi connectivity index (χ4v) is 4.67. The summed E-state index contributed by atoms with van der Waals surface area (Å²) in [6, 6.07) is 9.22. The maximum atomic E-state index is 15.5. The topological polar surface area (TPSA) is 95.6 Å². The lowest BCUT2D eigenvalue weighted by molar-refractivity contribution is 0.585. The van der Waals surface area contributed by atoms with E-state index >= 15 is 4.39 Å².